The van der Waals surface area contributed by atoms with Gasteiger partial charge in [0.1, 0.15) is 17.5 Å². The maximum absolute atomic E-state index is 15.3. The Hall–Kier alpha value is -5.31. The van der Waals surface area contributed by atoms with Crippen molar-refractivity contribution in [3.05, 3.63) is 112 Å². The van der Waals surface area contributed by atoms with Gasteiger partial charge in [-0.3, -0.25) is 9.59 Å². The summed E-state index contributed by atoms with van der Waals surface area (Å²) in [6.07, 6.45) is 5.37. The van der Waals surface area contributed by atoms with Crippen LogP contribution < -0.4 is 15.5 Å². The molecule has 1 aliphatic rings. The molecule has 0 atom stereocenters. The minimum atomic E-state index is -0.700. The summed E-state index contributed by atoms with van der Waals surface area (Å²) in [6, 6.07) is 19.7. The van der Waals surface area contributed by atoms with Crippen LogP contribution in [0, 0.1) is 12.7 Å². The average molecular weight is 560 g/mol. The molecule has 42 heavy (non-hydrogen) atoms. The number of fused-ring (bicyclic) bond motifs is 2. The lowest BCUT2D eigenvalue weighted by Crippen LogP contribution is -2.26. The number of rotatable bonds is 6. The van der Waals surface area contributed by atoms with Gasteiger partial charge in [-0.25, -0.2) is 14.4 Å². The SMILES string of the molecule is Cc1c(C(=O)Nc2ccc(Oc3ncnc4[nH]cc(-c5ccccc5)c34)c(F)c2)c(=O)c2cc(C3CC3)ccc2n1C. The summed E-state index contributed by atoms with van der Waals surface area (Å²) in [5.41, 5.74) is 4.60. The summed E-state index contributed by atoms with van der Waals surface area (Å²) in [5, 5.41) is 3.81. The van der Waals surface area contributed by atoms with Crippen LogP contribution >= 0.6 is 0 Å². The summed E-state index contributed by atoms with van der Waals surface area (Å²) >= 11 is 0. The van der Waals surface area contributed by atoms with Crippen molar-refractivity contribution in [3.8, 4) is 22.8 Å². The number of aromatic nitrogens is 4. The quantitative estimate of drug-likeness (QED) is 0.233. The number of aromatic amines is 1. The molecule has 0 unspecified atom stereocenters. The molecule has 1 fully saturated rings. The number of amides is 1. The number of hydrogen-bond acceptors (Lipinski definition) is 5. The number of nitrogens with one attached hydrogen (secondary N) is 2. The maximum atomic E-state index is 15.3. The van der Waals surface area contributed by atoms with E-state index in [1.165, 1.54) is 18.5 Å². The molecule has 2 N–H and O–H groups in total. The summed E-state index contributed by atoms with van der Waals surface area (Å²) in [7, 11) is 1.83. The van der Waals surface area contributed by atoms with Crippen molar-refractivity contribution in [2.75, 3.05) is 5.32 Å². The molecule has 1 amide bonds. The van der Waals surface area contributed by atoms with Crippen molar-refractivity contribution in [3.63, 3.8) is 0 Å². The van der Waals surface area contributed by atoms with Gasteiger partial charge in [-0.1, -0.05) is 36.4 Å². The molecule has 0 bridgehead atoms. The summed E-state index contributed by atoms with van der Waals surface area (Å²) in [4.78, 5) is 38.5. The fourth-order valence-corrected chi connectivity index (χ4v) is 5.43. The van der Waals surface area contributed by atoms with E-state index >= 15 is 4.39 Å². The van der Waals surface area contributed by atoms with Crippen LogP contribution in [0.4, 0.5) is 10.1 Å². The number of halogens is 1. The van der Waals surface area contributed by atoms with Gasteiger partial charge in [-0.15, -0.1) is 0 Å². The van der Waals surface area contributed by atoms with Crippen LogP contribution in [0.1, 0.15) is 40.4 Å². The van der Waals surface area contributed by atoms with E-state index in [0.717, 1.165) is 41.1 Å². The number of hydrogen-bond donors (Lipinski definition) is 2. The Morgan fingerprint density at radius 1 is 1.07 bits per heavy atom. The summed E-state index contributed by atoms with van der Waals surface area (Å²) < 4.78 is 23.1. The second-order valence-electron chi connectivity index (χ2n) is 10.6. The van der Waals surface area contributed by atoms with Crippen LogP contribution in [0.25, 0.3) is 33.1 Å². The van der Waals surface area contributed by atoms with Crippen LogP contribution in [0.2, 0.25) is 0 Å². The molecule has 6 aromatic rings. The predicted molar refractivity (Wildman–Crippen MR) is 160 cm³/mol. The summed E-state index contributed by atoms with van der Waals surface area (Å²) in [6.45, 7) is 1.73. The van der Waals surface area contributed by atoms with E-state index in [1.54, 1.807) is 6.92 Å². The predicted octanol–water partition coefficient (Wildman–Crippen LogP) is 6.85. The lowest BCUT2D eigenvalue weighted by atomic mass is 10.0. The Bertz CT molecular complexity index is 2080. The van der Waals surface area contributed by atoms with E-state index in [0.29, 0.717) is 28.0 Å². The van der Waals surface area contributed by atoms with E-state index in [4.69, 9.17) is 4.74 Å². The zero-order valence-corrected chi connectivity index (χ0v) is 22.9. The number of ether oxygens (including phenoxy) is 1. The highest BCUT2D eigenvalue weighted by Crippen LogP contribution is 2.41. The van der Waals surface area contributed by atoms with Crippen molar-refractivity contribution in [1.82, 2.24) is 19.5 Å². The molecular formula is C33H26FN5O3. The van der Waals surface area contributed by atoms with Crippen molar-refractivity contribution in [2.45, 2.75) is 25.7 Å². The zero-order chi connectivity index (χ0) is 29.0. The highest BCUT2D eigenvalue weighted by Gasteiger charge is 2.25. The molecule has 3 heterocycles. The van der Waals surface area contributed by atoms with Crippen LogP contribution in [0.5, 0.6) is 11.6 Å². The maximum Gasteiger partial charge on any atom is 0.261 e. The highest BCUT2D eigenvalue weighted by atomic mass is 19.1. The molecular weight excluding hydrogens is 533 g/mol. The van der Waals surface area contributed by atoms with Gasteiger partial charge >= 0.3 is 0 Å². The van der Waals surface area contributed by atoms with Gasteiger partial charge in [0.2, 0.25) is 11.3 Å². The third-order valence-corrected chi connectivity index (χ3v) is 7.91. The van der Waals surface area contributed by atoms with Crippen molar-refractivity contribution in [1.29, 1.82) is 0 Å². The Labute approximate surface area is 239 Å². The number of carbonyl (C=O) groups is 1. The third-order valence-electron chi connectivity index (χ3n) is 7.91. The highest BCUT2D eigenvalue weighted by molar-refractivity contribution is 6.07. The van der Waals surface area contributed by atoms with Crippen LogP contribution in [-0.2, 0) is 7.05 Å². The zero-order valence-electron chi connectivity index (χ0n) is 22.9. The number of H-pyrrole nitrogens is 1. The molecule has 0 aliphatic heterocycles. The second kappa shape index (κ2) is 9.95. The van der Waals surface area contributed by atoms with Crippen molar-refractivity contribution >= 4 is 33.5 Å². The monoisotopic (exact) mass is 559 g/mol. The standard InChI is InChI=1S/C33H26FN5O3/c1-18-28(30(40)23-14-21(19-8-9-19)10-12-26(23)39(18)2)32(41)38-22-11-13-27(25(34)15-22)42-33-29-24(20-6-4-3-5-7-20)16-35-31(29)36-17-37-33/h3-7,10-17,19H,8-9H2,1-2H3,(H,38,41)(H,35,36,37). The topological polar surface area (TPSA) is 102 Å². The molecule has 0 spiro atoms. The van der Waals surface area contributed by atoms with E-state index in [1.807, 2.05) is 60.3 Å². The molecule has 7 rings (SSSR count). The first kappa shape index (κ1) is 25.6. The first-order valence-corrected chi connectivity index (χ1v) is 13.7. The minimum absolute atomic E-state index is 0.0305. The molecule has 3 aromatic heterocycles. The molecule has 0 saturated heterocycles. The Kier molecular flexibility index (Phi) is 6.08. The number of carbonyl (C=O) groups excluding carboxylic acids is 1. The van der Waals surface area contributed by atoms with Gasteiger partial charge in [-0.2, -0.15) is 0 Å². The molecule has 8 nitrogen and oxygen atoms in total. The fourth-order valence-electron chi connectivity index (χ4n) is 5.43. The van der Waals surface area contributed by atoms with E-state index in [2.05, 4.69) is 26.3 Å². The smallest absolute Gasteiger partial charge is 0.261 e. The van der Waals surface area contributed by atoms with E-state index < -0.39 is 11.7 Å². The molecule has 3 aromatic carbocycles. The number of pyridine rings is 1. The van der Waals surface area contributed by atoms with Crippen LogP contribution in [0.15, 0.2) is 84.0 Å². The van der Waals surface area contributed by atoms with Gasteiger partial charge in [0.05, 0.1) is 10.9 Å². The first-order valence-electron chi connectivity index (χ1n) is 13.7. The number of aryl methyl sites for hydroxylation is 1. The van der Waals surface area contributed by atoms with Crippen LogP contribution in [0.3, 0.4) is 0 Å². The Morgan fingerprint density at radius 2 is 1.88 bits per heavy atom. The van der Waals surface area contributed by atoms with Gasteiger partial charge < -0.3 is 19.6 Å². The number of benzene rings is 3. The Morgan fingerprint density at radius 3 is 2.64 bits per heavy atom. The van der Waals surface area contributed by atoms with Gasteiger partial charge in [0.15, 0.2) is 11.6 Å². The lowest BCUT2D eigenvalue weighted by Gasteiger charge is -2.15. The van der Waals surface area contributed by atoms with Crippen LogP contribution in [-0.4, -0.2) is 25.4 Å². The number of anilines is 1. The van der Waals surface area contributed by atoms with Gasteiger partial charge in [0, 0.05) is 41.6 Å². The fraction of sp³-hybridized carbons (Fsp3) is 0.152. The second-order valence-corrected chi connectivity index (χ2v) is 10.6. The van der Waals surface area contributed by atoms with Crippen molar-refractivity contribution in [2.24, 2.45) is 7.05 Å². The third kappa shape index (κ3) is 4.39. The molecule has 0 radical (unpaired) electrons. The van der Waals surface area contributed by atoms with E-state index in [9.17, 15) is 9.59 Å². The largest absolute Gasteiger partial charge is 0.435 e. The molecule has 208 valence electrons. The molecule has 1 aliphatic carbocycles. The normalized spacial score (nSPS) is 13.0. The van der Waals surface area contributed by atoms with E-state index in [-0.39, 0.29) is 28.3 Å². The minimum Gasteiger partial charge on any atom is -0.435 e. The Balaban J connectivity index is 1.18. The average Bonchev–Trinajstić information content (AvgIpc) is 3.76. The molecule has 1 saturated carbocycles. The number of nitrogens with zero attached hydrogens (tertiary/aromatic N) is 3. The van der Waals surface area contributed by atoms with Crippen molar-refractivity contribution < 1.29 is 13.9 Å². The van der Waals surface area contributed by atoms with Gasteiger partial charge in [0.25, 0.3) is 5.91 Å². The first-order chi connectivity index (χ1) is 20.4. The summed E-state index contributed by atoms with van der Waals surface area (Å²) in [5.74, 6) is -0.705. The molecule has 9 heteroatoms. The lowest BCUT2D eigenvalue weighted by molar-refractivity contribution is 0.102. The van der Waals surface area contributed by atoms with Gasteiger partial charge in [-0.05, 0) is 61.1 Å².